The van der Waals surface area contributed by atoms with Crippen molar-refractivity contribution >= 4 is 21.8 Å². The van der Waals surface area contributed by atoms with Gasteiger partial charge in [0.1, 0.15) is 0 Å². The molecular formula is C3H7ClSi. The average Bonchev–Trinajstić information content (AvgIpc) is 1.41. The Morgan fingerprint density at radius 3 is 2.40 bits per heavy atom. The summed E-state index contributed by atoms with van der Waals surface area (Å²) in [5, 5.41) is 0. The lowest BCUT2D eigenvalue weighted by molar-refractivity contribution is 1.79. The van der Waals surface area contributed by atoms with Crippen molar-refractivity contribution in [3.63, 3.8) is 0 Å². The normalized spacial score (nSPS) is 10.6. The third kappa shape index (κ3) is 4.25. The maximum absolute atomic E-state index is 5.24. The molecule has 0 aromatic heterocycles. The molecule has 0 unspecified atom stereocenters. The van der Waals surface area contributed by atoms with E-state index in [1.807, 2.05) is 6.08 Å². The minimum atomic E-state index is 0.670. The van der Waals surface area contributed by atoms with E-state index in [-0.39, 0.29) is 0 Å². The summed E-state index contributed by atoms with van der Waals surface area (Å²) in [5.41, 5.74) is 2.06. The van der Waals surface area contributed by atoms with Crippen molar-refractivity contribution in [2.45, 2.75) is 0 Å². The monoisotopic (exact) mass is 106 g/mol. The van der Waals surface area contributed by atoms with Crippen LogP contribution in [-0.2, 0) is 0 Å². The highest BCUT2D eigenvalue weighted by molar-refractivity contribution is 6.21. The Labute approximate surface area is 40.3 Å². The van der Waals surface area contributed by atoms with Crippen LogP contribution in [0.25, 0.3) is 0 Å². The molecule has 0 aromatic carbocycles. The molecule has 2 heteroatoms. The van der Waals surface area contributed by atoms with E-state index in [1.165, 1.54) is 0 Å². The second-order valence-corrected chi connectivity index (χ2v) is 1.70. The van der Waals surface area contributed by atoms with E-state index in [0.717, 1.165) is 10.2 Å². The van der Waals surface area contributed by atoms with Gasteiger partial charge in [-0.1, -0.05) is 6.08 Å². The summed E-state index contributed by atoms with van der Waals surface area (Å²) in [6.07, 6.45) is 1.95. The largest absolute Gasteiger partial charge is 0.122 e. The quantitative estimate of drug-likeness (QED) is 0.329. The fraction of sp³-hybridized carbons (Fsp3) is 0.333. The van der Waals surface area contributed by atoms with Gasteiger partial charge in [0, 0.05) is 16.1 Å². The number of rotatable bonds is 1. The standard InChI is InChI=1S/C3H7ClSi/c4-2-1-3-5/h1,3H,2H2,5H3. The predicted molar refractivity (Wildman–Crippen MR) is 29.8 cm³/mol. The first-order valence-corrected chi connectivity index (χ1v) is 3.28. The van der Waals surface area contributed by atoms with Crippen LogP contribution in [0.1, 0.15) is 0 Å². The highest BCUT2D eigenvalue weighted by Gasteiger charge is 1.54. The van der Waals surface area contributed by atoms with Crippen LogP contribution in [0.2, 0.25) is 0 Å². The van der Waals surface area contributed by atoms with Crippen LogP contribution in [0, 0.1) is 0 Å². The van der Waals surface area contributed by atoms with Crippen LogP contribution in [-0.4, -0.2) is 16.1 Å². The van der Waals surface area contributed by atoms with E-state index in [4.69, 9.17) is 11.6 Å². The van der Waals surface area contributed by atoms with Crippen LogP contribution < -0.4 is 0 Å². The maximum atomic E-state index is 5.24. The van der Waals surface area contributed by atoms with Crippen LogP contribution >= 0.6 is 11.6 Å². The molecule has 0 saturated heterocycles. The van der Waals surface area contributed by atoms with Crippen molar-refractivity contribution in [3.05, 3.63) is 11.8 Å². The summed E-state index contributed by atoms with van der Waals surface area (Å²) < 4.78 is 0. The molecule has 0 fully saturated rings. The number of alkyl halides is 1. The molecule has 0 aromatic rings. The minimum absolute atomic E-state index is 0.670. The van der Waals surface area contributed by atoms with Gasteiger partial charge < -0.3 is 0 Å². The molecule has 0 heterocycles. The Balaban J connectivity index is 2.62. The lowest BCUT2D eigenvalue weighted by Gasteiger charge is -1.62. The van der Waals surface area contributed by atoms with E-state index < -0.39 is 0 Å². The molecule has 5 heavy (non-hydrogen) atoms. The van der Waals surface area contributed by atoms with Crippen molar-refractivity contribution < 1.29 is 0 Å². The van der Waals surface area contributed by atoms with Gasteiger partial charge in [-0.3, -0.25) is 0 Å². The van der Waals surface area contributed by atoms with Crippen molar-refractivity contribution in [1.82, 2.24) is 0 Å². The van der Waals surface area contributed by atoms with Crippen molar-refractivity contribution in [1.29, 1.82) is 0 Å². The number of allylic oxidation sites excluding steroid dienone is 1. The summed E-state index contributed by atoms with van der Waals surface area (Å²) in [5.74, 6) is 0.670. The molecule has 0 aliphatic heterocycles. The zero-order chi connectivity index (χ0) is 4.12. The highest BCUT2D eigenvalue weighted by Crippen LogP contribution is 1.71. The van der Waals surface area contributed by atoms with E-state index in [0.29, 0.717) is 5.88 Å². The number of halogens is 1. The van der Waals surface area contributed by atoms with Crippen LogP contribution in [0.4, 0.5) is 0 Å². The Kier molecular flexibility index (Phi) is 4.46. The van der Waals surface area contributed by atoms with Crippen molar-refractivity contribution in [3.8, 4) is 0 Å². The first-order valence-electron chi connectivity index (χ1n) is 1.59. The molecule has 0 N–H and O–H groups in total. The Bertz CT molecular complexity index is 33.9. The highest BCUT2D eigenvalue weighted by atomic mass is 35.5. The maximum Gasteiger partial charge on any atom is 0.0400 e. The third-order valence-corrected chi connectivity index (χ3v) is 0.974. The lowest BCUT2D eigenvalue weighted by atomic mass is 10.8. The molecule has 0 rings (SSSR count). The van der Waals surface area contributed by atoms with Crippen molar-refractivity contribution in [2.24, 2.45) is 0 Å². The van der Waals surface area contributed by atoms with Gasteiger partial charge >= 0.3 is 0 Å². The molecule has 0 radical (unpaired) electrons. The molecule has 0 saturated carbocycles. The smallest absolute Gasteiger partial charge is 0.0400 e. The molecule has 0 nitrogen and oxygen atoms in total. The van der Waals surface area contributed by atoms with Gasteiger partial charge in [0.15, 0.2) is 0 Å². The predicted octanol–water partition coefficient (Wildman–Crippen LogP) is 0.104. The van der Waals surface area contributed by atoms with E-state index in [9.17, 15) is 0 Å². The van der Waals surface area contributed by atoms with Gasteiger partial charge in [-0.25, -0.2) is 0 Å². The molecule has 0 aliphatic rings. The van der Waals surface area contributed by atoms with Crippen LogP contribution in [0.5, 0.6) is 0 Å². The summed E-state index contributed by atoms with van der Waals surface area (Å²) in [4.78, 5) is 0. The first kappa shape index (κ1) is 5.25. The molecule has 0 spiro atoms. The fourth-order valence-electron chi connectivity index (χ4n) is 0.0891. The summed E-state index contributed by atoms with van der Waals surface area (Å²) >= 11 is 5.24. The van der Waals surface area contributed by atoms with E-state index in [2.05, 4.69) is 5.70 Å². The van der Waals surface area contributed by atoms with E-state index in [1.54, 1.807) is 0 Å². The molecular weight excluding hydrogens is 99.6 g/mol. The average molecular weight is 107 g/mol. The van der Waals surface area contributed by atoms with E-state index >= 15 is 0 Å². The second kappa shape index (κ2) is 4.25. The zero-order valence-electron chi connectivity index (χ0n) is 3.24. The summed E-state index contributed by atoms with van der Waals surface area (Å²) in [7, 11) is 1.13. The van der Waals surface area contributed by atoms with Gasteiger partial charge in [0.25, 0.3) is 0 Å². The molecule has 0 aliphatic carbocycles. The van der Waals surface area contributed by atoms with Crippen LogP contribution in [0.3, 0.4) is 0 Å². The van der Waals surface area contributed by atoms with Gasteiger partial charge in [0.05, 0.1) is 0 Å². The molecule has 0 bridgehead atoms. The lowest BCUT2D eigenvalue weighted by Crippen LogP contribution is -1.55. The number of hydrogen-bond donors (Lipinski definition) is 0. The fourth-order valence-corrected chi connectivity index (χ4v) is 0.802. The van der Waals surface area contributed by atoms with Crippen molar-refractivity contribution in [2.75, 3.05) is 5.88 Å². The van der Waals surface area contributed by atoms with Crippen LogP contribution in [0.15, 0.2) is 11.8 Å². The number of hydrogen-bond acceptors (Lipinski definition) is 0. The first-order chi connectivity index (χ1) is 2.41. The Morgan fingerprint density at radius 1 is 1.80 bits per heavy atom. The third-order valence-electron chi connectivity index (χ3n) is 0.325. The molecule has 0 atom stereocenters. The van der Waals surface area contributed by atoms with Gasteiger partial charge in [-0.2, -0.15) is 0 Å². The topological polar surface area (TPSA) is 0 Å². The zero-order valence-corrected chi connectivity index (χ0v) is 6.00. The Hall–Kier alpha value is 0.247. The second-order valence-electron chi connectivity index (χ2n) is 0.723. The van der Waals surface area contributed by atoms with Gasteiger partial charge in [-0.05, 0) is 0 Å². The summed E-state index contributed by atoms with van der Waals surface area (Å²) in [6, 6.07) is 0. The minimum Gasteiger partial charge on any atom is -0.122 e. The Morgan fingerprint density at radius 2 is 2.40 bits per heavy atom. The molecule has 0 amide bonds. The SMILES string of the molecule is [SiH3]C=CCCl. The molecule has 30 valence electrons. The van der Waals surface area contributed by atoms with Gasteiger partial charge in [0.2, 0.25) is 0 Å². The summed E-state index contributed by atoms with van der Waals surface area (Å²) in [6.45, 7) is 0. The van der Waals surface area contributed by atoms with Gasteiger partial charge in [-0.15, -0.1) is 17.3 Å².